The number of nitrogens with one attached hydrogen (secondary N) is 1. The first-order valence-electron chi connectivity index (χ1n) is 10.5. The summed E-state index contributed by atoms with van der Waals surface area (Å²) in [7, 11) is 1.62. The van der Waals surface area contributed by atoms with E-state index in [1.807, 2.05) is 42.5 Å². The SMILES string of the molecule is COc1cccc(CNC(=O)c2cc(C3CCCN(Cc4ccccc4Cl)C3)no2)c1. The first-order valence-corrected chi connectivity index (χ1v) is 10.8. The van der Waals surface area contributed by atoms with Gasteiger partial charge in [-0.1, -0.05) is 47.1 Å². The highest BCUT2D eigenvalue weighted by atomic mass is 35.5. The predicted octanol–water partition coefficient (Wildman–Crippen LogP) is 4.65. The Morgan fingerprint density at radius 2 is 2.13 bits per heavy atom. The van der Waals surface area contributed by atoms with Gasteiger partial charge in [0.15, 0.2) is 0 Å². The molecule has 1 saturated heterocycles. The highest BCUT2D eigenvalue weighted by Crippen LogP contribution is 2.28. The fourth-order valence-corrected chi connectivity index (χ4v) is 4.14. The molecule has 0 spiro atoms. The second-order valence-electron chi connectivity index (χ2n) is 7.82. The molecule has 4 rings (SSSR count). The topological polar surface area (TPSA) is 67.6 Å². The molecule has 0 saturated carbocycles. The van der Waals surface area contributed by atoms with Crippen LogP contribution < -0.4 is 10.1 Å². The van der Waals surface area contributed by atoms with Gasteiger partial charge in [0.05, 0.1) is 12.8 Å². The van der Waals surface area contributed by atoms with Gasteiger partial charge in [-0.25, -0.2) is 0 Å². The Labute approximate surface area is 187 Å². The Balaban J connectivity index is 1.35. The fraction of sp³-hybridized carbons (Fsp3) is 0.333. The number of benzene rings is 2. The monoisotopic (exact) mass is 439 g/mol. The van der Waals surface area contributed by atoms with Gasteiger partial charge in [0, 0.05) is 36.6 Å². The van der Waals surface area contributed by atoms with E-state index in [4.69, 9.17) is 20.9 Å². The zero-order valence-electron chi connectivity index (χ0n) is 17.5. The van der Waals surface area contributed by atoms with Crippen LogP contribution in [0.3, 0.4) is 0 Å². The number of carbonyl (C=O) groups is 1. The largest absolute Gasteiger partial charge is 0.497 e. The third-order valence-corrected chi connectivity index (χ3v) is 5.98. The lowest BCUT2D eigenvalue weighted by molar-refractivity contribution is 0.0913. The van der Waals surface area contributed by atoms with Crippen molar-refractivity contribution in [2.45, 2.75) is 31.8 Å². The van der Waals surface area contributed by atoms with Crippen LogP contribution in [0.25, 0.3) is 0 Å². The van der Waals surface area contributed by atoms with Crippen molar-refractivity contribution in [1.82, 2.24) is 15.4 Å². The number of methoxy groups -OCH3 is 1. The molecular weight excluding hydrogens is 414 g/mol. The zero-order chi connectivity index (χ0) is 21.6. The molecule has 1 unspecified atom stereocenters. The minimum atomic E-state index is -0.273. The molecule has 1 aromatic heterocycles. The second-order valence-corrected chi connectivity index (χ2v) is 8.22. The van der Waals surface area contributed by atoms with E-state index in [0.717, 1.165) is 60.1 Å². The van der Waals surface area contributed by atoms with Crippen LogP contribution in [0.2, 0.25) is 5.02 Å². The van der Waals surface area contributed by atoms with Gasteiger partial charge >= 0.3 is 0 Å². The first-order chi connectivity index (χ1) is 15.1. The van der Waals surface area contributed by atoms with Crippen molar-refractivity contribution in [3.63, 3.8) is 0 Å². The average molecular weight is 440 g/mol. The Bertz CT molecular complexity index is 1040. The molecule has 3 aromatic rings. The van der Waals surface area contributed by atoms with Crippen molar-refractivity contribution in [1.29, 1.82) is 0 Å². The fourth-order valence-electron chi connectivity index (χ4n) is 3.95. The predicted molar refractivity (Wildman–Crippen MR) is 119 cm³/mol. The van der Waals surface area contributed by atoms with Gasteiger partial charge in [0.25, 0.3) is 5.91 Å². The van der Waals surface area contributed by atoms with Crippen LogP contribution in [-0.2, 0) is 13.1 Å². The molecule has 0 aliphatic carbocycles. The van der Waals surface area contributed by atoms with E-state index in [0.29, 0.717) is 6.54 Å². The highest BCUT2D eigenvalue weighted by Gasteiger charge is 2.25. The smallest absolute Gasteiger partial charge is 0.290 e. The molecular formula is C24H26ClN3O3. The minimum Gasteiger partial charge on any atom is -0.497 e. The summed E-state index contributed by atoms with van der Waals surface area (Å²) in [6.07, 6.45) is 2.09. The zero-order valence-corrected chi connectivity index (χ0v) is 18.3. The number of carbonyl (C=O) groups excluding carboxylic acids is 1. The molecule has 1 amide bonds. The van der Waals surface area contributed by atoms with Crippen molar-refractivity contribution in [2.75, 3.05) is 20.2 Å². The van der Waals surface area contributed by atoms with Crippen LogP contribution in [0.1, 0.15) is 46.1 Å². The van der Waals surface area contributed by atoms with Crippen LogP contribution in [0.15, 0.2) is 59.1 Å². The number of aromatic nitrogens is 1. The molecule has 1 aliphatic heterocycles. The molecule has 1 fully saturated rings. The molecule has 1 atom stereocenters. The average Bonchev–Trinajstić information content (AvgIpc) is 3.30. The van der Waals surface area contributed by atoms with Gasteiger partial charge in [-0.3, -0.25) is 9.69 Å². The van der Waals surface area contributed by atoms with E-state index >= 15 is 0 Å². The summed E-state index contributed by atoms with van der Waals surface area (Å²) in [5.41, 5.74) is 2.91. The van der Waals surface area contributed by atoms with E-state index in [1.165, 1.54) is 0 Å². The maximum Gasteiger partial charge on any atom is 0.290 e. The third kappa shape index (κ3) is 5.46. The lowest BCUT2D eigenvalue weighted by atomic mass is 9.94. The Morgan fingerprint density at radius 1 is 1.26 bits per heavy atom. The van der Waals surface area contributed by atoms with E-state index < -0.39 is 0 Å². The van der Waals surface area contributed by atoms with Crippen molar-refractivity contribution >= 4 is 17.5 Å². The minimum absolute atomic E-state index is 0.236. The maximum atomic E-state index is 12.5. The summed E-state index contributed by atoms with van der Waals surface area (Å²) >= 11 is 6.32. The van der Waals surface area contributed by atoms with Gasteiger partial charge in [0.1, 0.15) is 5.75 Å². The van der Waals surface area contributed by atoms with E-state index in [2.05, 4.69) is 21.4 Å². The summed E-state index contributed by atoms with van der Waals surface area (Å²) in [6.45, 7) is 3.08. The van der Waals surface area contributed by atoms with E-state index in [1.54, 1.807) is 13.2 Å². The molecule has 2 heterocycles. The number of nitrogens with zero attached hydrogens (tertiary/aromatic N) is 2. The van der Waals surface area contributed by atoms with Crippen LogP contribution in [0.4, 0.5) is 0 Å². The molecule has 1 aliphatic rings. The summed E-state index contributed by atoms with van der Waals surface area (Å²) in [6, 6.07) is 17.3. The number of amides is 1. The highest BCUT2D eigenvalue weighted by molar-refractivity contribution is 6.31. The normalized spacial score (nSPS) is 16.8. The van der Waals surface area contributed by atoms with Crippen LogP contribution in [0.5, 0.6) is 5.75 Å². The van der Waals surface area contributed by atoms with Crippen LogP contribution in [-0.4, -0.2) is 36.2 Å². The summed E-state index contributed by atoms with van der Waals surface area (Å²) in [4.78, 5) is 14.9. The summed E-state index contributed by atoms with van der Waals surface area (Å²) in [5, 5.41) is 7.86. The first kappa shape index (κ1) is 21.4. The van der Waals surface area contributed by atoms with Crippen LogP contribution in [0, 0.1) is 0 Å². The lowest BCUT2D eigenvalue weighted by Crippen LogP contribution is -2.34. The van der Waals surface area contributed by atoms with Gasteiger partial charge in [-0.2, -0.15) is 0 Å². The van der Waals surface area contributed by atoms with E-state index in [9.17, 15) is 4.79 Å². The summed E-state index contributed by atoms with van der Waals surface area (Å²) < 4.78 is 10.6. The molecule has 2 aromatic carbocycles. The molecule has 31 heavy (non-hydrogen) atoms. The summed E-state index contributed by atoms with van der Waals surface area (Å²) in [5.74, 6) is 0.957. The van der Waals surface area contributed by atoms with Crippen LogP contribution >= 0.6 is 11.6 Å². The standard InChI is InChI=1S/C24H26ClN3O3/c1-30-20-9-4-6-17(12-20)14-26-24(29)23-13-22(27-31-23)19-8-5-11-28(16-19)15-18-7-2-3-10-21(18)25/h2-4,6-7,9-10,12-13,19H,5,8,11,14-16H2,1H3,(H,26,29). The molecule has 7 heteroatoms. The number of likely N-dealkylation sites (tertiary alicyclic amines) is 1. The maximum absolute atomic E-state index is 12.5. The number of rotatable bonds is 7. The quantitative estimate of drug-likeness (QED) is 0.580. The Kier molecular flexibility index (Phi) is 6.89. The van der Waals surface area contributed by atoms with Crippen molar-refractivity contribution in [3.05, 3.63) is 82.2 Å². The van der Waals surface area contributed by atoms with Crippen molar-refractivity contribution in [2.24, 2.45) is 0 Å². The lowest BCUT2D eigenvalue weighted by Gasteiger charge is -2.31. The van der Waals surface area contributed by atoms with Gasteiger partial charge < -0.3 is 14.6 Å². The van der Waals surface area contributed by atoms with Gasteiger partial charge in [-0.05, 0) is 48.7 Å². The molecule has 162 valence electrons. The number of ether oxygens (including phenoxy) is 1. The third-order valence-electron chi connectivity index (χ3n) is 5.61. The van der Waals surface area contributed by atoms with Gasteiger partial charge in [-0.15, -0.1) is 0 Å². The number of halogens is 1. The van der Waals surface area contributed by atoms with Gasteiger partial charge in [0.2, 0.25) is 5.76 Å². The number of piperidine rings is 1. The molecule has 0 radical (unpaired) electrons. The number of hydrogen-bond acceptors (Lipinski definition) is 5. The Morgan fingerprint density at radius 3 is 2.97 bits per heavy atom. The molecule has 6 nitrogen and oxygen atoms in total. The van der Waals surface area contributed by atoms with Crippen molar-refractivity contribution in [3.8, 4) is 5.75 Å². The van der Waals surface area contributed by atoms with Crippen molar-refractivity contribution < 1.29 is 14.1 Å². The molecule has 0 bridgehead atoms. The van der Waals surface area contributed by atoms with E-state index in [-0.39, 0.29) is 17.6 Å². The molecule has 1 N–H and O–H groups in total. The number of hydrogen-bond donors (Lipinski definition) is 1. The second kappa shape index (κ2) is 9.98. The Hall–Kier alpha value is -2.83.